The summed E-state index contributed by atoms with van der Waals surface area (Å²) >= 11 is 11.4. The highest BCUT2D eigenvalue weighted by Crippen LogP contribution is 2.16. The SMILES string of the molecule is O=C(NCC1CCOC1)c1cc(Cl)nnc1Cl. The van der Waals surface area contributed by atoms with Gasteiger partial charge >= 0.3 is 0 Å². The Morgan fingerprint density at radius 1 is 1.53 bits per heavy atom. The average molecular weight is 276 g/mol. The molecule has 2 heterocycles. The first-order chi connectivity index (χ1) is 8.16. The molecule has 1 unspecified atom stereocenters. The van der Waals surface area contributed by atoms with Crippen molar-refractivity contribution in [2.75, 3.05) is 19.8 Å². The number of carbonyl (C=O) groups is 1. The van der Waals surface area contributed by atoms with E-state index in [9.17, 15) is 4.79 Å². The molecule has 0 radical (unpaired) electrons. The Hall–Kier alpha value is -0.910. The number of amides is 1. The van der Waals surface area contributed by atoms with E-state index in [1.54, 1.807) is 0 Å². The monoisotopic (exact) mass is 275 g/mol. The Kier molecular flexibility index (Phi) is 4.15. The topological polar surface area (TPSA) is 64.1 Å². The van der Waals surface area contributed by atoms with Gasteiger partial charge in [0.1, 0.15) is 0 Å². The molecule has 7 heteroatoms. The quantitative estimate of drug-likeness (QED) is 0.909. The molecule has 1 fully saturated rings. The van der Waals surface area contributed by atoms with Gasteiger partial charge < -0.3 is 10.1 Å². The van der Waals surface area contributed by atoms with Crippen LogP contribution in [0.2, 0.25) is 10.3 Å². The van der Waals surface area contributed by atoms with Gasteiger partial charge in [-0.15, -0.1) is 10.2 Å². The van der Waals surface area contributed by atoms with E-state index in [0.29, 0.717) is 19.1 Å². The number of nitrogens with one attached hydrogen (secondary N) is 1. The number of carbonyl (C=O) groups excluding carboxylic acids is 1. The van der Waals surface area contributed by atoms with Crippen LogP contribution in [0.25, 0.3) is 0 Å². The lowest BCUT2D eigenvalue weighted by molar-refractivity contribution is 0.0944. The molecule has 1 aromatic heterocycles. The minimum atomic E-state index is -0.293. The van der Waals surface area contributed by atoms with Crippen molar-refractivity contribution in [3.63, 3.8) is 0 Å². The van der Waals surface area contributed by atoms with Crippen LogP contribution in [0.15, 0.2) is 6.07 Å². The highest BCUT2D eigenvalue weighted by atomic mass is 35.5. The summed E-state index contributed by atoms with van der Waals surface area (Å²) in [6.07, 6.45) is 0.962. The molecule has 0 saturated carbocycles. The van der Waals surface area contributed by atoms with E-state index in [-0.39, 0.29) is 21.8 Å². The number of hydrogen-bond donors (Lipinski definition) is 1. The van der Waals surface area contributed by atoms with E-state index < -0.39 is 0 Å². The zero-order valence-electron chi connectivity index (χ0n) is 8.95. The number of halogens is 2. The Balaban J connectivity index is 1.96. The third kappa shape index (κ3) is 3.28. The van der Waals surface area contributed by atoms with Crippen molar-refractivity contribution in [2.24, 2.45) is 5.92 Å². The summed E-state index contributed by atoms with van der Waals surface area (Å²) < 4.78 is 5.22. The summed E-state index contributed by atoms with van der Waals surface area (Å²) in [6, 6.07) is 1.40. The van der Waals surface area contributed by atoms with Crippen LogP contribution in [0.5, 0.6) is 0 Å². The maximum absolute atomic E-state index is 11.8. The number of hydrogen-bond acceptors (Lipinski definition) is 4. The lowest BCUT2D eigenvalue weighted by Gasteiger charge is -2.09. The minimum absolute atomic E-state index is 0.0505. The van der Waals surface area contributed by atoms with E-state index in [1.165, 1.54) is 6.07 Å². The smallest absolute Gasteiger partial charge is 0.254 e. The van der Waals surface area contributed by atoms with Crippen molar-refractivity contribution in [2.45, 2.75) is 6.42 Å². The first-order valence-corrected chi connectivity index (χ1v) is 5.97. The van der Waals surface area contributed by atoms with E-state index in [0.717, 1.165) is 13.0 Å². The third-order valence-corrected chi connectivity index (χ3v) is 3.00. The molecule has 17 heavy (non-hydrogen) atoms. The van der Waals surface area contributed by atoms with Crippen LogP contribution in [-0.2, 0) is 4.74 Å². The van der Waals surface area contributed by atoms with Gasteiger partial charge in [-0.2, -0.15) is 0 Å². The first kappa shape index (κ1) is 12.5. The predicted octanol–water partition coefficient (Wildman–Crippen LogP) is 1.55. The predicted molar refractivity (Wildman–Crippen MR) is 63.3 cm³/mol. The van der Waals surface area contributed by atoms with Gasteiger partial charge in [-0.05, 0) is 12.5 Å². The normalized spacial score (nSPS) is 19.3. The fourth-order valence-electron chi connectivity index (χ4n) is 1.59. The summed E-state index contributed by atoms with van der Waals surface area (Å²) in [6.45, 7) is 2.00. The van der Waals surface area contributed by atoms with Crippen LogP contribution in [0.3, 0.4) is 0 Å². The number of aromatic nitrogens is 2. The highest BCUT2D eigenvalue weighted by Gasteiger charge is 2.18. The van der Waals surface area contributed by atoms with Crippen LogP contribution in [0.1, 0.15) is 16.8 Å². The van der Waals surface area contributed by atoms with Crippen LogP contribution in [-0.4, -0.2) is 35.9 Å². The molecule has 2 rings (SSSR count). The molecular formula is C10H11Cl2N3O2. The first-order valence-electron chi connectivity index (χ1n) is 5.21. The van der Waals surface area contributed by atoms with E-state index in [2.05, 4.69) is 15.5 Å². The highest BCUT2D eigenvalue weighted by molar-refractivity contribution is 6.34. The van der Waals surface area contributed by atoms with Gasteiger partial charge in [-0.25, -0.2) is 0 Å². The van der Waals surface area contributed by atoms with Gasteiger partial charge in [0.2, 0.25) is 0 Å². The van der Waals surface area contributed by atoms with Crippen molar-refractivity contribution in [1.29, 1.82) is 0 Å². The van der Waals surface area contributed by atoms with Crippen molar-refractivity contribution in [3.05, 3.63) is 21.9 Å². The summed E-state index contributed by atoms with van der Waals surface area (Å²) in [5.41, 5.74) is 0.241. The molecule has 92 valence electrons. The largest absolute Gasteiger partial charge is 0.381 e. The van der Waals surface area contributed by atoms with E-state index >= 15 is 0 Å². The maximum atomic E-state index is 11.8. The van der Waals surface area contributed by atoms with Gasteiger partial charge in [0.15, 0.2) is 10.3 Å². The molecule has 0 aromatic carbocycles. The van der Waals surface area contributed by atoms with Crippen LogP contribution in [0, 0.1) is 5.92 Å². The zero-order valence-corrected chi connectivity index (χ0v) is 10.5. The summed E-state index contributed by atoms with van der Waals surface area (Å²) in [7, 11) is 0. The van der Waals surface area contributed by atoms with E-state index in [4.69, 9.17) is 27.9 Å². The van der Waals surface area contributed by atoms with Gasteiger partial charge in [-0.3, -0.25) is 4.79 Å². The molecule has 1 saturated heterocycles. The molecular weight excluding hydrogens is 265 g/mol. The second-order valence-electron chi connectivity index (χ2n) is 3.81. The van der Waals surface area contributed by atoms with Crippen molar-refractivity contribution in [3.8, 4) is 0 Å². The second kappa shape index (κ2) is 5.62. The Bertz CT molecular complexity index is 422. The molecule has 1 amide bonds. The lowest BCUT2D eigenvalue weighted by Crippen LogP contribution is -2.29. The second-order valence-corrected chi connectivity index (χ2v) is 4.56. The standard InChI is InChI=1S/C10H11Cl2N3O2/c11-8-3-7(9(12)15-14-8)10(16)13-4-6-1-2-17-5-6/h3,6H,1-2,4-5H2,(H,13,16). The van der Waals surface area contributed by atoms with Crippen molar-refractivity contribution in [1.82, 2.24) is 15.5 Å². The van der Waals surface area contributed by atoms with Crippen LogP contribution < -0.4 is 5.32 Å². The molecule has 1 aliphatic heterocycles. The average Bonchev–Trinajstić information content (AvgIpc) is 2.82. The van der Waals surface area contributed by atoms with Gasteiger partial charge in [0.05, 0.1) is 12.2 Å². The number of rotatable bonds is 3. The maximum Gasteiger partial charge on any atom is 0.254 e. The summed E-state index contributed by atoms with van der Waals surface area (Å²) in [5, 5.41) is 10.1. The van der Waals surface area contributed by atoms with Gasteiger partial charge in [0.25, 0.3) is 5.91 Å². The number of nitrogens with zero attached hydrogens (tertiary/aromatic N) is 2. The van der Waals surface area contributed by atoms with Crippen LogP contribution in [0.4, 0.5) is 0 Å². The fraction of sp³-hybridized carbons (Fsp3) is 0.500. The van der Waals surface area contributed by atoms with Crippen molar-refractivity contribution < 1.29 is 9.53 Å². The molecule has 1 aliphatic rings. The summed E-state index contributed by atoms with van der Waals surface area (Å²) in [4.78, 5) is 11.8. The van der Waals surface area contributed by atoms with E-state index in [1.807, 2.05) is 0 Å². The molecule has 5 nitrogen and oxygen atoms in total. The molecule has 1 N–H and O–H groups in total. The summed E-state index contributed by atoms with van der Waals surface area (Å²) in [5.74, 6) is 0.0710. The van der Waals surface area contributed by atoms with Crippen LogP contribution >= 0.6 is 23.2 Å². The number of ether oxygens (including phenoxy) is 1. The lowest BCUT2D eigenvalue weighted by atomic mass is 10.1. The Morgan fingerprint density at radius 3 is 3.06 bits per heavy atom. The molecule has 1 atom stereocenters. The zero-order chi connectivity index (χ0) is 12.3. The van der Waals surface area contributed by atoms with Gasteiger partial charge in [0, 0.05) is 19.1 Å². The molecule has 0 aliphatic carbocycles. The van der Waals surface area contributed by atoms with Gasteiger partial charge in [-0.1, -0.05) is 23.2 Å². The Morgan fingerprint density at radius 2 is 2.35 bits per heavy atom. The Labute approximate surface area is 108 Å². The molecule has 0 bridgehead atoms. The molecule has 1 aromatic rings. The minimum Gasteiger partial charge on any atom is -0.381 e. The third-order valence-electron chi connectivity index (χ3n) is 2.54. The fourth-order valence-corrected chi connectivity index (χ4v) is 1.91. The molecule has 0 spiro atoms. The van der Waals surface area contributed by atoms with Crippen molar-refractivity contribution >= 4 is 29.1 Å².